The zero-order valence-corrected chi connectivity index (χ0v) is 22.4. The van der Waals surface area contributed by atoms with Crippen molar-refractivity contribution in [1.82, 2.24) is 0 Å². The number of fused-ring (bicyclic) bond motifs is 5. The van der Waals surface area contributed by atoms with Crippen LogP contribution in [0.15, 0.2) is 67.3 Å². The molecule has 6 rings (SSSR count). The Kier molecular flexibility index (Phi) is 6.29. The largest absolute Gasteiger partial charge is 0.392 e. The van der Waals surface area contributed by atoms with Crippen LogP contribution in [0.25, 0.3) is 0 Å². The minimum Gasteiger partial charge on any atom is -0.294 e. The molecule has 3 aliphatic rings. The number of aromatic nitrogens is 2. The van der Waals surface area contributed by atoms with E-state index in [1.807, 2.05) is 61.5 Å². The Labute approximate surface area is 224 Å². The van der Waals surface area contributed by atoms with Crippen molar-refractivity contribution in [2.24, 2.45) is 37.3 Å². The highest BCUT2D eigenvalue weighted by molar-refractivity contribution is 5.98. The van der Waals surface area contributed by atoms with Crippen molar-refractivity contribution in [3.05, 3.63) is 89.5 Å². The summed E-state index contributed by atoms with van der Waals surface area (Å²) in [5, 5.41) is 0. The first-order chi connectivity index (χ1) is 18.3. The monoisotopic (exact) mass is 512 g/mol. The van der Waals surface area contributed by atoms with Gasteiger partial charge in [-0.25, -0.2) is 18.8 Å². The van der Waals surface area contributed by atoms with Gasteiger partial charge in [-0.3, -0.25) is 9.68 Å². The number of benzene rings is 1. The number of nitrogens with zero attached hydrogens (tertiary/aromatic N) is 2. The van der Waals surface area contributed by atoms with Gasteiger partial charge in [-0.2, -0.15) is 0 Å². The summed E-state index contributed by atoms with van der Waals surface area (Å²) in [6.45, 7) is 2.39. The van der Waals surface area contributed by atoms with Crippen LogP contribution in [-0.2, 0) is 25.4 Å². The number of rotatable bonds is 5. The van der Waals surface area contributed by atoms with Crippen molar-refractivity contribution in [2.75, 3.05) is 0 Å². The number of carbonyl (C=O) groups excluding carboxylic acids is 2. The van der Waals surface area contributed by atoms with Gasteiger partial charge in [-0.15, -0.1) is 0 Å². The minimum atomic E-state index is -0.514. The number of pyridine rings is 2. The van der Waals surface area contributed by atoms with E-state index in [-0.39, 0.29) is 11.3 Å². The summed E-state index contributed by atoms with van der Waals surface area (Å²) in [7, 11) is 3.83. The Morgan fingerprint density at radius 1 is 0.921 bits per heavy atom. The van der Waals surface area contributed by atoms with Crippen LogP contribution >= 0.6 is 0 Å². The van der Waals surface area contributed by atoms with E-state index in [0.717, 1.165) is 44.1 Å². The number of Topliss-reactive ketones (excluding diaryl/α,β-unsaturated/α-hetero) is 1. The highest BCUT2D eigenvalue weighted by atomic mass is 17.2. The summed E-state index contributed by atoms with van der Waals surface area (Å²) < 4.78 is 3.77. The molecular formula is C32H36N2O4+2. The molecule has 3 aromatic rings. The lowest BCUT2D eigenvalue weighted by Gasteiger charge is -2.50. The van der Waals surface area contributed by atoms with Crippen LogP contribution in [0.1, 0.15) is 76.8 Å². The summed E-state index contributed by atoms with van der Waals surface area (Å²) in [6, 6.07) is 13.6. The van der Waals surface area contributed by atoms with Gasteiger partial charge in [0.15, 0.2) is 36.3 Å². The van der Waals surface area contributed by atoms with Crippen molar-refractivity contribution in [3.8, 4) is 5.75 Å². The smallest absolute Gasteiger partial charge is 0.294 e. The molecule has 1 aromatic carbocycles. The first-order valence-electron chi connectivity index (χ1n) is 13.8. The molecule has 0 spiro atoms. The third kappa shape index (κ3) is 4.30. The Hall–Kier alpha value is -3.54. The molecule has 0 radical (unpaired) electrons. The highest BCUT2D eigenvalue weighted by Gasteiger charge is 2.56. The van der Waals surface area contributed by atoms with E-state index in [0.29, 0.717) is 34.8 Å². The normalized spacial score (nSPS) is 27.6. The molecule has 2 heterocycles. The van der Waals surface area contributed by atoms with Crippen LogP contribution in [-0.4, -0.2) is 11.8 Å². The van der Waals surface area contributed by atoms with Crippen LogP contribution in [0.2, 0.25) is 0 Å². The number of aryl methyl sites for hydroxylation is 3. The van der Waals surface area contributed by atoms with Crippen LogP contribution in [0.3, 0.4) is 0 Å². The molecule has 0 amide bonds. The Morgan fingerprint density at radius 2 is 1.66 bits per heavy atom. The van der Waals surface area contributed by atoms with Crippen LogP contribution in [0, 0.1) is 23.2 Å². The fourth-order valence-electron chi connectivity index (χ4n) is 7.82. The molecule has 2 aromatic heterocycles. The maximum Gasteiger partial charge on any atom is 0.392 e. The lowest BCUT2D eigenvalue weighted by atomic mass is 9.53. The van der Waals surface area contributed by atoms with Crippen LogP contribution in [0.4, 0.5) is 0 Å². The number of ketones is 1. The van der Waals surface area contributed by atoms with Crippen molar-refractivity contribution in [2.45, 2.75) is 51.4 Å². The summed E-state index contributed by atoms with van der Waals surface area (Å²) in [5.74, 6) is 2.16. The van der Waals surface area contributed by atoms with E-state index < -0.39 is 5.97 Å². The van der Waals surface area contributed by atoms with Crippen molar-refractivity contribution in [3.63, 3.8) is 0 Å². The van der Waals surface area contributed by atoms with E-state index >= 15 is 0 Å². The highest BCUT2D eigenvalue weighted by Crippen LogP contribution is 2.63. The van der Waals surface area contributed by atoms with Crippen LogP contribution in [0.5, 0.6) is 5.75 Å². The molecule has 6 heteroatoms. The minimum absolute atomic E-state index is 0.0650. The molecule has 196 valence electrons. The second-order valence-electron chi connectivity index (χ2n) is 11.8. The zero-order valence-electron chi connectivity index (χ0n) is 22.4. The second-order valence-corrected chi connectivity index (χ2v) is 11.8. The molecule has 6 nitrogen and oxygen atoms in total. The zero-order chi connectivity index (χ0) is 26.4. The third-order valence-electron chi connectivity index (χ3n) is 9.63. The third-order valence-corrected chi connectivity index (χ3v) is 9.63. The van der Waals surface area contributed by atoms with Gasteiger partial charge in [0.2, 0.25) is 0 Å². The predicted octanol–water partition coefficient (Wildman–Crippen LogP) is 4.84. The Bertz CT molecular complexity index is 1400. The van der Waals surface area contributed by atoms with E-state index in [4.69, 9.17) is 9.78 Å². The average molecular weight is 513 g/mol. The molecule has 3 aliphatic carbocycles. The molecule has 0 saturated heterocycles. The van der Waals surface area contributed by atoms with Gasteiger partial charge in [-0.1, -0.05) is 13.0 Å². The second kappa shape index (κ2) is 9.64. The fraction of sp³-hybridized carbons (Fsp3) is 0.438. The summed E-state index contributed by atoms with van der Waals surface area (Å²) >= 11 is 0. The Morgan fingerprint density at radius 3 is 2.42 bits per heavy atom. The van der Waals surface area contributed by atoms with Gasteiger partial charge >= 0.3 is 5.97 Å². The van der Waals surface area contributed by atoms with Gasteiger partial charge < -0.3 is 0 Å². The summed E-state index contributed by atoms with van der Waals surface area (Å²) in [4.78, 5) is 36.6. The fourth-order valence-corrected chi connectivity index (χ4v) is 7.82. The van der Waals surface area contributed by atoms with Gasteiger partial charge in [0.05, 0.1) is 5.56 Å². The molecule has 0 aliphatic heterocycles. The lowest BCUT2D eigenvalue weighted by Crippen LogP contribution is -2.44. The van der Waals surface area contributed by atoms with E-state index in [1.54, 1.807) is 22.9 Å². The average Bonchev–Trinajstić information content (AvgIpc) is 3.28. The number of hydrogen-bond donors (Lipinski definition) is 0. The quantitative estimate of drug-likeness (QED) is 0.212. The molecule has 2 saturated carbocycles. The molecule has 0 bridgehead atoms. The standard InChI is InChI=1S/C32H36N2O4/c1-32-15-14-26-25-11-9-24(37-38-31(36)23-7-5-17-34(3)20-23)18-21(25)8-10-27(26)28(32)12-13-29(32)30(35)22-6-4-16-33(2)19-22/h4-7,9,11,16-20,26-29H,8,10,12-15H2,1-3H3/q+2/t26?,27?,28?,29-,32+/m1/s1. The first-order valence-corrected chi connectivity index (χ1v) is 13.8. The maximum atomic E-state index is 13.6. The SMILES string of the molecule is C[n+]1cccc(C(=O)OOc2ccc3c(c2)CCC2C3CC[C@@]3(C)C2CC[C@@H]3C(=O)c2ccc[n+](C)c2)c1. The van der Waals surface area contributed by atoms with Gasteiger partial charge in [0.1, 0.15) is 19.7 Å². The number of hydrogen-bond acceptors (Lipinski definition) is 4. The molecule has 3 unspecified atom stereocenters. The van der Waals surface area contributed by atoms with Gasteiger partial charge in [0.25, 0.3) is 0 Å². The van der Waals surface area contributed by atoms with Gasteiger partial charge in [-0.05, 0) is 97.1 Å². The van der Waals surface area contributed by atoms with E-state index in [1.165, 1.54) is 11.1 Å². The lowest BCUT2D eigenvalue weighted by molar-refractivity contribution is -0.671. The first kappa shape index (κ1) is 24.8. The van der Waals surface area contributed by atoms with Crippen molar-refractivity contribution in [1.29, 1.82) is 0 Å². The van der Waals surface area contributed by atoms with Gasteiger partial charge in [0, 0.05) is 18.1 Å². The molecular weight excluding hydrogens is 476 g/mol. The predicted molar refractivity (Wildman–Crippen MR) is 140 cm³/mol. The summed E-state index contributed by atoms with van der Waals surface area (Å²) in [5.41, 5.74) is 4.04. The topological polar surface area (TPSA) is 60.4 Å². The molecule has 38 heavy (non-hydrogen) atoms. The molecule has 2 fully saturated rings. The van der Waals surface area contributed by atoms with E-state index in [2.05, 4.69) is 13.0 Å². The Balaban J connectivity index is 1.16. The van der Waals surface area contributed by atoms with Crippen LogP contribution < -0.4 is 14.0 Å². The van der Waals surface area contributed by atoms with E-state index in [9.17, 15) is 9.59 Å². The molecule has 0 N–H and O–H groups in total. The van der Waals surface area contributed by atoms with Crippen molar-refractivity contribution >= 4 is 11.8 Å². The molecule has 5 atom stereocenters. The summed E-state index contributed by atoms with van der Waals surface area (Å²) in [6.07, 6.45) is 13.9. The number of carbonyl (C=O) groups is 2. The van der Waals surface area contributed by atoms with Crippen molar-refractivity contribution < 1.29 is 28.5 Å². The maximum absolute atomic E-state index is 13.6.